The Morgan fingerprint density at radius 1 is 0.919 bits per heavy atom. The van der Waals surface area contributed by atoms with E-state index in [1.807, 2.05) is 24.3 Å². The number of carbonyl (C=O) groups excluding carboxylic acids is 3. The number of benzene rings is 3. The zero-order valence-electron chi connectivity index (χ0n) is 20.7. The molecule has 1 aliphatic rings. The Hall–Kier alpha value is -4.53. The maximum atomic E-state index is 12.7. The number of amides is 3. The summed E-state index contributed by atoms with van der Waals surface area (Å²) in [7, 11) is 3.16. The minimum absolute atomic E-state index is 0.115. The molecule has 0 aliphatic carbocycles. The van der Waals surface area contributed by atoms with Gasteiger partial charge in [-0.15, -0.1) is 0 Å². The molecule has 2 N–H and O–H groups in total. The normalized spacial score (nSPS) is 14.7. The minimum Gasteiger partial charge on any atom is -0.497 e. The van der Waals surface area contributed by atoms with Crippen molar-refractivity contribution >= 4 is 29.1 Å². The maximum Gasteiger partial charge on any atom is 0.262 e. The van der Waals surface area contributed by atoms with E-state index in [-0.39, 0.29) is 30.7 Å². The molecule has 1 atom stereocenters. The third-order valence-electron chi connectivity index (χ3n) is 5.99. The summed E-state index contributed by atoms with van der Waals surface area (Å²) in [6.07, 6.45) is 0.150. The first-order valence-electron chi connectivity index (χ1n) is 11.8. The highest BCUT2D eigenvalue weighted by Gasteiger charge is 2.35. The molecule has 1 saturated heterocycles. The van der Waals surface area contributed by atoms with E-state index in [9.17, 15) is 14.4 Å². The molecule has 1 aliphatic heterocycles. The van der Waals surface area contributed by atoms with Gasteiger partial charge in [-0.1, -0.05) is 18.2 Å². The Balaban J connectivity index is 1.25. The number of carbonyl (C=O) groups is 3. The second-order valence-corrected chi connectivity index (χ2v) is 8.53. The first-order valence-corrected chi connectivity index (χ1v) is 11.8. The molecular formula is C28H29N3O6. The summed E-state index contributed by atoms with van der Waals surface area (Å²) in [5.74, 6) is 0.870. The van der Waals surface area contributed by atoms with Gasteiger partial charge in [0.1, 0.15) is 17.2 Å². The van der Waals surface area contributed by atoms with E-state index < -0.39 is 5.92 Å². The quantitative estimate of drug-likeness (QED) is 0.439. The van der Waals surface area contributed by atoms with Crippen LogP contribution in [0.1, 0.15) is 12.0 Å². The molecule has 0 saturated carbocycles. The Labute approximate surface area is 215 Å². The van der Waals surface area contributed by atoms with Gasteiger partial charge in [-0.05, 0) is 54.1 Å². The van der Waals surface area contributed by atoms with Gasteiger partial charge >= 0.3 is 0 Å². The van der Waals surface area contributed by atoms with Gasteiger partial charge in [-0.25, -0.2) is 0 Å². The topological polar surface area (TPSA) is 106 Å². The average molecular weight is 504 g/mol. The molecule has 1 fully saturated rings. The van der Waals surface area contributed by atoms with Crippen molar-refractivity contribution in [3.63, 3.8) is 0 Å². The lowest BCUT2D eigenvalue weighted by Gasteiger charge is -2.17. The number of anilines is 2. The fraction of sp³-hybridized carbons (Fsp3) is 0.250. The van der Waals surface area contributed by atoms with Crippen molar-refractivity contribution in [1.29, 1.82) is 0 Å². The van der Waals surface area contributed by atoms with E-state index in [1.54, 1.807) is 67.7 Å². The first-order chi connectivity index (χ1) is 17.9. The smallest absolute Gasteiger partial charge is 0.262 e. The van der Waals surface area contributed by atoms with Crippen molar-refractivity contribution in [1.82, 2.24) is 5.32 Å². The average Bonchev–Trinajstić information content (AvgIpc) is 3.32. The zero-order valence-corrected chi connectivity index (χ0v) is 20.7. The number of ether oxygens (including phenoxy) is 3. The van der Waals surface area contributed by atoms with Crippen LogP contribution in [0.25, 0.3) is 0 Å². The summed E-state index contributed by atoms with van der Waals surface area (Å²) in [4.78, 5) is 39.0. The van der Waals surface area contributed by atoms with E-state index >= 15 is 0 Å². The van der Waals surface area contributed by atoms with Crippen molar-refractivity contribution in [2.24, 2.45) is 5.92 Å². The summed E-state index contributed by atoms with van der Waals surface area (Å²) in [5.41, 5.74) is 2.23. The number of hydrogen-bond donors (Lipinski definition) is 2. The summed E-state index contributed by atoms with van der Waals surface area (Å²) >= 11 is 0. The standard InChI is InChI=1S/C28H29N3O6/c1-35-23-10-6-19(7-11-23)16-29-28(34)20-14-27(33)31(17-20)22-8-12-24(13-9-22)37-18-26(32)30-21-4-3-5-25(15-21)36-2/h3-13,15,20H,14,16-18H2,1-2H3,(H,29,34)(H,30,32)/t20-/m1/s1. The van der Waals surface area contributed by atoms with Gasteiger partial charge in [0, 0.05) is 37.0 Å². The molecule has 0 unspecified atom stereocenters. The maximum absolute atomic E-state index is 12.7. The summed E-state index contributed by atoms with van der Waals surface area (Å²) < 4.78 is 15.9. The highest BCUT2D eigenvalue weighted by atomic mass is 16.5. The number of rotatable bonds is 10. The lowest BCUT2D eigenvalue weighted by Crippen LogP contribution is -2.32. The Kier molecular flexibility index (Phi) is 8.25. The molecular weight excluding hydrogens is 474 g/mol. The summed E-state index contributed by atoms with van der Waals surface area (Å²) in [5, 5.41) is 5.66. The number of nitrogens with zero attached hydrogens (tertiary/aromatic N) is 1. The van der Waals surface area contributed by atoms with Crippen LogP contribution in [0.15, 0.2) is 72.8 Å². The fourth-order valence-corrected chi connectivity index (χ4v) is 3.98. The van der Waals surface area contributed by atoms with Crippen molar-refractivity contribution in [2.75, 3.05) is 37.6 Å². The molecule has 192 valence electrons. The van der Waals surface area contributed by atoms with Crippen LogP contribution in [0, 0.1) is 5.92 Å². The van der Waals surface area contributed by atoms with Gasteiger partial charge < -0.3 is 29.7 Å². The third-order valence-corrected chi connectivity index (χ3v) is 5.99. The van der Waals surface area contributed by atoms with Gasteiger partial charge in [0.15, 0.2) is 6.61 Å². The highest BCUT2D eigenvalue weighted by Crippen LogP contribution is 2.27. The van der Waals surface area contributed by atoms with Gasteiger partial charge in [0.25, 0.3) is 5.91 Å². The van der Waals surface area contributed by atoms with Gasteiger partial charge in [-0.2, -0.15) is 0 Å². The predicted molar refractivity (Wildman–Crippen MR) is 139 cm³/mol. The van der Waals surface area contributed by atoms with Crippen LogP contribution >= 0.6 is 0 Å². The van der Waals surface area contributed by atoms with E-state index in [4.69, 9.17) is 14.2 Å². The Morgan fingerprint density at radius 3 is 2.32 bits per heavy atom. The van der Waals surface area contributed by atoms with E-state index in [0.29, 0.717) is 36.0 Å². The van der Waals surface area contributed by atoms with Crippen molar-refractivity contribution in [2.45, 2.75) is 13.0 Å². The van der Waals surface area contributed by atoms with Crippen molar-refractivity contribution in [3.8, 4) is 17.2 Å². The van der Waals surface area contributed by atoms with Crippen LogP contribution in [0.4, 0.5) is 11.4 Å². The third kappa shape index (κ3) is 6.78. The van der Waals surface area contributed by atoms with E-state index in [1.165, 1.54) is 0 Å². The molecule has 3 aromatic rings. The largest absolute Gasteiger partial charge is 0.497 e. The molecule has 4 rings (SSSR count). The van der Waals surface area contributed by atoms with Crippen LogP contribution < -0.4 is 29.7 Å². The lowest BCUT2D eigenvalue weighted by molar-refractivity contribution is -0.126. The second-order valence-electron chi connectivity index (χ2n) is 8.53. The van der Waals surface area contributed by atoms with Crippen LogP contribution in [0.2, 0.25) is 0 Å². The summed E-state index contributed by atoms with van der Waals surface area (Å²) in [6.45, 7) is 0.511. The number of methoxy groups -OCH3 is 2. The van der Waals surface area contributed by atoms with Crippen molar-refractivity contribution in [3.05, 3.63) is 78.4 Å². The van der Waals surface area contributed by atoms with Crippen LogP contribution in [-0.4, -0.2) is 45.1 Å². The molecule has 0 aromatic heterocycles. The molecule has 1 heterocycles. The monoisotopic (exact) mass is 503 g/mol. The van der Waals surface area contributed by atoms with Gasteiger partial charge in [0.05, 0.1) is 20.1 Å². The van der Waals surface area contributed by atoms with Crippen molar-refractivity contribution < 1.29 is 28.6 Å². The summed E-state index contributed by atoms with van der Waals surface area (Å²) in [6, 6.07) is 21.4. The first kappa shape index (κ1) is 25.6. The van der Waals surface area contributed by atoms with Crippen LogP contribution in [-0.2, 0) is 20.9 Å². The van der Waals surface area contributed by atoms with Crippen LogP contribution in [0.3, 0.4) is 0 Å². The predicted octanol–water partition coefficient (Wildman–Crippen LogP) is 3.39. The molecule has 0 spiro atoms. The Morgan fingerprint density at radius 2 is 1.62 bits per heavy atom. The minimum atomic E-state index is -0.429. The van der Waals surface area contributed by atoms with Gasteiger partial charge in [-0.3, -0.25) is 14.4 Å². The molecule has 0 radical (unpaired) electrons. The lowest BCUT2D eigenvalue weighted by atomic mass is 10.1. The number of nitrogens with one attached hydrogen (secondary N) is 2. The van der Waals surface area contributed by atoms with E-state index in [2.05, 4.69) is 10.6 Å². The highest BCUT2D eigenvalue weighted by molar-refractivity contribution is 6.00. The van der Waals surface area contributed by atoms with Crippen LogP contribution in [0.5, 0.6) is 17.2 Å². The molecule has 3 aromatic carbocycles. The second kappa shape index (κ2) is 11.9. The zero-order chi connectivity index (χ0) is 26.2. The SMILES string of the molecule is COc1ccc(CNC(=O)[C@@H]2CC(=O)N(c3ccc(OCC(=O)Nc4cccc(OC)c4)cc3)C2)cc1. The molecule has 37 heavy (non-hydrogen) atoms. The van der Waals surface area contributed by atoms with E-state index in [0.717, 1.165) is 11.3 Å². The molecule has 9 nitrogen and oxygen atoms in total. The Bertz CT molecular complexity index is 1240. The van der Waals surface area contributed by atoms with Gasteiger partial charge in [0.2, 0.25) is 11.8 Å². The molecule has 3 amide bonds. The molecule has 0 bridgehead atoms. The molecule has 9 heteroatoms. The number of hydrogen-bond acceptors (Lipinski definition) is 6. The fourth-order valence-electron chi connectivity index (χ4n) is 3.98.